The van der Waals surface area contributed by atoms with Crippen LogP contribution in [0.2, 0.25) is 0 Å². The van der Waals surface area contributed by atoms with Crippen LogP contribution in [0, 0.1) is 15.9 Å². The van der Waals surface area contributed by atoms with Gasteiger partial charge < -0.3 is 19.5 Å². The molecule has 0 saturated heterocycles. The van der Waals surface area contributed by atoms with Crippen molar-refractivity contribution in [3.05, 3.63) is 57.9 Å². The Hall–Kier alpha value is -3.69. The van der Waals surface area contributed by atoms with Gasteiger partial charge in [-0.3, -0.25) is 14.9 Å². The zero-order chi connectivity index (χ0) is 22.1. The molecule has 160 valence electrons. The van der Waals surface area contributed by atoms with Crippen molar-refractivity contribution in [3.8, 4) is 11.5 Å². The maximum absolute atomic E-state index is 13.3. The van der Waals surface area contributed by atoms with E-state index in [4.69, 9.17) is 14.2 Å². The summed E-state index contributed by atoms with van der Waals surface area (Å²) in [5.74, 6) is -1.66. The first kappa shape index (κ1) is 22.6. The third-order valence-electron chi connectivity index (χ3n) is 3.70. The van der Waals surface area contributed by atoms with Gasteiger partial charge in [-0.15, -0.1) is 0 Å². The van der Waals surface area contributed by atoms with E-state index in [-0.39, 0.29) is 11.3 Å². The highest BCUT2D eigenvalue weighted by molar-refractivity contribution is 5.96. The van der Waals surface area contributed by atoms with Crippen LogP contribution in [0.5, 0.6) is 11.5 Å². The second-order valence-electron chi connectivity index (χ2n) is 5.99. The molecule has 0 aromatic heterocycles. The molecular weight excluding hydrogens is 399 g/mol. The highest BCUT2D eigenvalue weighted by atomic mass is 19.1. The number of rotatable bonds is 10. The van der Waals surface area contributed by atoms with Gasteiger partial charge in [-0.25, -0.2) is 4.79 Å². The number of nitrogens with one attached hydrogen (secondary N) is 1. The van der Waals surface area contributed by atoms with E-state index in [0.29, 0.717) is 24.7 Å². The van der Waals surface area contributed by atoms with Crippen LogP contribution in [-0.4, -0.2) is 36.6 Å². The molecule has 2 aromatic carbocycles. The van der Waals surface area contributed by atoms with Gasteiger partial charge >= 0.3 is 11.7 Å². The molecule has 2 rings (SSSR count). The van der Waals surface area contributed by atoms with Crippen LogP contribution >= 0.6 is 0 Å². The number of carbonyl (C=O) groups excluding carboxylic acids is 2. The van der Waals surface area contributed by atoms with Gasteiger partial charge in [0.05, 0.1) is 23.7 Å². The van der Waals surface area contributed by atoms with Crippen LogP contribution in [0.4, 0.5) is 15.8 Å². The predicted molar refractivity (Wildman–Crippen MR) is 105 cm³/mol. The van der Waals surface area contributed by atoms with Crippen LogP contribution in [-0.2, 0) is 9.53 Å². The molecule has 0 atom stereocenters. The van der Waals surface area contributed by atoms with E-state index in [1.165, 1.54) is 12.1 Å². The Bertz CT molecular complexity index is 933. The minimum absolute atomic E-state index is 0.000192. The lowest BCUT2D eigenvalue weighted by atomic mass is 10.2. The Morgan fingerprint density at radius 1 is 1.10 bits per heavy atom. The molecule has 30 heavy (non-hydrogen) atoms. The topological polar surface area (TPSA) is 117 Å². The lowest BCUT2D eigenvalue weighted by Gasteiger charge is -2.13. The number of nitro benzene ring substituents is 1. The van der Waals surface area contributed by atoms with Crippen LogP contribution < -0.4 is 14.8 Å². The fraction of sp³-hybridized carbons (Fsp3) is 0.300. The molecule has 0 heterocycles. The summed E-state index contributed by atoms with van der Waals surface area (Å²) < 4.78 is 29.3. The monoisotopic (exact) mass is 420 g/mol. The highest BCUT2D eigenvalue weighted by Crippen LogP contribution is 2.29. The molecule has 0 spiro atoms. The van der Waals surface area contributed by atoms with Gasteiger partial charge in [-0.2, -0.15) is 4.39 Å². The number of hydrogen-bond acceptors (Lipinski definition) is 7. The Morgan fingerprint density at radius 3 is 2.53 bits per heavy atom. The molecule has 0 aliphatic carbocycles. The summed E-state index contributed by atoms with van der Waals surface area (Å²) in [6, 6.07) is 7.41. The molecule has 0 radical (unpaired) electrons. The van der Waals surface area contributed by atoms with E-state index in [1.807, 2.05) is 6.92 Å². The second kappa shape index (κ2) is 10.7. The summed E-state index contributed by atoms with van der Waals surface area (Å²) in [4.78, 5) is 34.0. The number of carbonyl (C=O) groups is 2. The number of nitro groups is 1. The third-order valence-corrected chi connectivity index (χ3v) is 3.70. The highest BCUT2D eigenvalue weighted by Gasteiger charge is 2.17. The number of nitrogens with zero attached hydrogens (tertiary/aromatic N) is 1. The fourth-order valence-electron chi connectivity index (χ4n) is 2.38. The molecule has 9 nitrogen and oxygen atoms in total. The van der Waals surface area contributed by atoms with Crippen LogP contribution in [0.1, 0.15) is 30.6 Å². The van der Waals surface area contributed by atoms with Crippen molar-refractivity contribution in [2.24, 2.45) is 0 Å². The van der Waals surface area contributed by atoms with Crippen LogP contribution in [0.15, 0.2) is 36.4 Å². The first-order chi connectivity index (χ1) is 14.3. The number of ether oxygens (including phenoxy) is 3. The molecule has 0 aliphatic heterocycles. The molecule has 1 N–H and O–H groups in total. The smallest absolute Gasteiger partial charge is 0.338 e. The number of hydrogen-bond donors (Lipinski definition) is 1. The zero-order valence-corrected chi connectivity index (χ0v) is 16.5. The first-order valence-electron chi connectivity index (χ1n) is 9.16. The van der Waals surface area contributed by atoms with Crippen molar-refractivity contribution in [1.29, 1.82) is 0 Å². The third kappa shape index (κ3) is 6.16. The zero-order valence-electron chi connectivity index (χ0n) is 16.5. The molecule has 10 heteroatoms. The number of benzene rings is 2. The average Bonchev–Trinajstić information content (AvgIpc) is 2.72. The van der Waals surface area contributed by atoms with Gasteiger partial charge in [0.1, 0.15) is 0 Å². The number of amides is 1. The van der Waals surface area contributed by atoms with E-state index < -0.39 is 34.9 Å². The van der Waals surface area contributed by atoms with Crippen molar-refractivity contribution in [1.82, 2.24) is 0 Å². The van der Waals surface area contributed by atoms with Gasteiger partial charge in [0.2, 0.25) is 5.82 Å². The summed E-state index contributed by atoms with van der Waals surface area (Å²) >= 11 is 0. The van der Waals surface area contributed by atoms with Gasteiger partial charge in [-0.05, 0) is 43.7 Å². The summed E-state index contributed by atoms with van der Waals surface area (Å²) in [5, 5.41) is 13.1. The summed E-state index contributed by atoms with van der Waals surface area (Å²) in [5.41, 5.74) is -0.619. The van der Waals surface area contributed by atoms with Gasteiger partial charge in [0.15, 0.2) is 18.1 Å². The molecule has 1 amide bonds. The first-order valence-corrected chi connectivity index (χ1v) is 9.16. The van der Waals surface area contributed by atoms with Crippen LogP contribution in [0.25, 0.3) is 0 Å². The summed E-state index contributed by atoms with van der Waals surface area (Å²) in [7, 11) is 0. The normalized spacial score (nSPS) is 10.2. The van der Waals surface area contributed by atoms with Crippen molar-refractivity contribution < 1.29 is 33.1 Å². The largest absolute Gasteiger partial charge is 0.490 e. The molecule has 0 saturated carbocycles. The Labute approximate surface area is 171 Å². The lowest BCUT2D eigenvalue weighted by molar-refractivity contribution is -0.387. The molecule has 2 aromatic rings. The van der Waals surface area contributed by atoms with E-state index in [0.717, 1.165) is 24.6 Å². The van der Waals surface area contributed by atoms with Crippen molar-refractivity contribution in [3.63, 3.8) is 0 Å². The maximum Gasteiger partial charge on any atom is 0.338 e. The van der Waals surface area contributed by atoms with Crippen molar-refractivity contribution in [2.75, 3.05) is 25.1 Å². The predicted octanol–water partition coefficient (Wildman–Crippen LogP) is 3.72. The van der Waals surface area contributed by atoms with Crippen LogP contribution in [0.3, 0.4) is 0 Å². The standard InChI is InChI=1S/C20H21FN2O7/c1-3-9-29-17-8-5-13(10-18(17)28-4-2)20(25)30-12-19(24)22-14-6-7-15(21)16(11-14)23(26)27/h5-8,10-11H,3-4,9,12H2,1-2H3,(H,22,24). The van der Waals surface area contributed by atoms with Gasteiger partial charge in [0, 0.05) is 11.8 Å². The molecular formula is C20H21FN2O7. The van der Waals surface area contributed by atoms with Gasteiger partial charge in [0.25, 0.3) is 5.91 Å². The molecule has 0 bridgehead atoms. The summed E-state index contributed by atoms with van der Waals surface area (Å²) in [6.07, 6.45) is 0.807. The Kier molecular flexibility index (Phi) is 8.09. The maximum atomic E-state index is 13.3. The lowest BCUT2D eigenvalue weighted by Crippen LogP contribution is -2.21. The van der Waals surface area contributed by atoms with E-state index >= 15 is 0 Å². The van der Waals surface area contributed by atoms with Gasteiger partial charge in [-0.1, -0.05) is 6.92 Å². The number of anilines is 1. The number of esters is 1. The molecule has 0 fully saturated rings. The van der Waals surface area contributed by atoms with E-state index in [9.17, 15) is 24.1 Å². The summed E-state index contributed by atoms with van der Waals surface area (Å²) in [6.45, 7) is 3.97. The minimum Gasteiger partial charge on any atom is -0.490 e. The Morgan fingerprint density at radius 2 is 1.87 bits per heavy atom. The molecule has 0 aliphatic rings. The average molecular weight is 420 g/mol. The quantitative estimate of drug-likeness (QED) is 0.354. The van der Waals surface area contributed by atoms with E-state index in [2.05, 4.69) is 5.32 Å². The molecule has 0 unspecified atom stereocenters. The second-order valence-corrected chi connectivity index (χ2v) is 5.99. The fourth-order valence-corrected chi connectivity index (χ4v) is 2.38. The van der Waals surface area contributed by atoms with Crippen molar-refractivity contribution >= 4 is 23.3 Å². The SMILES string of the molecule is CCCOc1ccc(C(=O)OCC(=O)Nc2ccc(F)c([N+](=O)[O-])c2)cc1OCC. The van der Waals surface area contributed by atoms with Crippen molar-refractivity contribution in [2.45, 2.75) is 20.3 Å². The van der Waals surface area contributed by atoms with E-state index in [1.54, 1.807) is 13.0 Å². The Balaban J connectivity index is 1.99. The number of halogens is 1. The minimum atomic E-state index is -1.03.